The van der Waals surface area contributed by atoms with Crippen molar-refractivity contribution < 1.29 is 14.3 Å². The Morgan fingerprint density at radius 1 is 1.13 bits per heavy atom. The van der Waals surface area contributed by atoms with Gasteiger partial charge in [0.2, 0.25) is 0 Å². The highest BCUT2D eigenvalue weighted by atomic mass is 16.5. The van der Waals surface area contributed by atoms with Crippen LogP contribution in [0.25, 0.3) is 11.1 Å². The summed E-state index contributed by atoms with van der Waals surface area (Å²) in [4.78, 5) is 26.8. The number of carbonyl (C=O) groups is 1. The lowest BCUT2D eigenvalue weighted by Gasteiger charge is -2.13. The van der Waals surface area contributed by atoms with E-state index in [1.165, 1.54) is 7.11 Å². The van der Waals surface area contributed by atoms with Crippen LogP contribution in [0.15, 0.2) is 59.4 Å². The second-order valence-corrected chi connectivity index (χ2v) is 6.60. The van der Waals surface area contributed by atoms with E-state index < -0.39 is 5.56 Å². The van der Waals surface area contributed by atoms with E-state index in [9.17, 15) is 14.9 Å². The Bertz CT molecular complexity index is 1150. The van der Waals surface area contributed by atoms with E-state index in [-0.39, 0.29) is 18.1 Å². The van der Waals surface area contributed by atoms with Crippen LogP contribution in [0.3, 0.4) is 0 Å². The normalized spacial score (nSPS) is 10.2. The van der Waals surface area contributed by atoms with E-state index >= 15 is 0 Å². The minimum Gasteiger partial charge on any atom is -0.493 e. The van der Waals surface area contributed by atoms with Crippen LogP contribution in [0.2, 0.25) is 0 Å². The molecule has 0 aliphatic heterocycles. The Morgan fingerprint density at radius 2 is 1.90 bits per heavy atom. The Labute approximate surface area is 173 Å². The predicted octanol–water partition coefficient (Wildman–Crippen LogP) is 2.93. The minimum absolute atomic E-state index is 0.0246. The quantitative estimate of drug-likeness (QED) is 0.631. The fourth-order valence-electron chi connectivity index (χ4n) is 2.97. The van der Waals surface area contributed by atoms with Crippen LogP contribution in [0.4, 0.5) is 0 Å². The molecule has 0 unspecified atom stereocenters. The number of carbonyl (C=O) groups excluding carboxylic acids is 1. The Hall–Kier alpha value is -4.05. The van der Waals surface area contributed by atoms with Gasteiger partial charge in [-0.3, -0.25) is 9.59 Å². The molecule has 30 heavy (non-hydrogen) atoms. The van der Waals surface area contributed by atoms with Gasteiger partial charge < -0.3 is 19.8 Å². The van der Waals surface area contributed by atoms with Gasteiger partial charge in [0.25, 0.3) is 11.5 Å². The molecule has 1 heterocycles. The molecule has 0 spiro atoms. The van der Waals surface area contributed by atoms with E-state index in [4.69, 9.17) is 9.47 Å². The minimum atomic E-state index is -0.443. The molecule has 152 valence electrons. The number of aromatic nitrogens is 1. The number of H-pyrrole nitrogens is 1. The van der Waals surface area contributed by atoms with Gasteiger partial charge in [-0.25, -0.2) is 0 Å². The lowest BCUT2D eigenvalue weighted by atomic mass is 10.0. The number of nitrogens with one attached hydrogen (secondary N) is 2. The Balaban J connectivity index is 1.73. The second-order valence-electron chi connectivity index (χ2n) is 6.60. The first-order valence-corrected chi connectivity index (χ1v) is 9.27. The third-order valence-electron chi connectivity index (χ3n) is 4.45. The third-order valence-corrected chi connectivity index (χ3v) is 4.45. The van der Waals surface area contributed by atoms with E-state index in [0.29, 0.717) is 34.9 Å². The summed E-state index contributed by atoms with van der Waals surface area (Å²) in [6.45, 7) is 1.99. The molecule has 0 aliphatic carbocycles. The number of aromatic amines is 1. The smallest absolute Gasteiger partial charge is 0.266 e. The van der Waals surface area contributed by atoms with Crippen LogP contribution >= 0.6 is 0 Å². The molecular weight excluding hydrogens is 382 g/mol. The van der Waals surface area contributed by atoms with Gasteiger partial charge in [0.1, 0.15) is 11.6 Å². The van der Waals surface area contributed by atoms with Gasteiger partial charge in [0, 0.05) is 17.8 Å². The molecule has 0 radical (unpaired) electrons. The molecule has 1 amide bonds. The summed E-state index contributed by atoms with van der Waals surface area (Å²) < 4.78 is 11.0. The van der Waals surface area contributed by atoms with Crippen LogP contribution in [-0.4, -0.2) is 24.6 Å². The standard InChI is InChI=1S/C23H21N3O4/c1-15-10-18(19(12-24)23(28)26-15)17-8-9-20(21(11-17)29-2)30-14-22(27)25-13-16-6-4-3-5-7-16/h3-11H,13-14H2,1-2H3,(H,25,27)(H,26,28). The number of pyridine rings is 1. The summed E-state index contributed by atoms with van der Waals surface area (Å²) in [7, 11) is 1.48. The molecule has 3 rings (SSSR count). The molecule has 3 aromatic rings. The molecule has 1 aromatic heterocycles. The largest absolute Gasteiger partial charge is 0.493 e. The van der Waals surface area contributed by atoms with Gasteiger partial charge in [0.05, 0.1) is 7.11 Å². The first kappa shape index (κ1) is 20.7. The first-order chi connectivity index (χ1) is 14.5. The molecule has 7 heteroatoms. The highest BCUT2D eigenvalue weighted by Crippen LogP contribution is 2.33. The van der Waals surface area contributed by atoms with Crippen molar-refractivity contribution in [3.05, 3.63) is 81.8 Å². The number of hydrogen-bond acceptors (Lipinski definition) is 5. The van der Waals surface area contributed by atoms with Crippen LogP contribution in [-0.2, 0) is 11.3 Å². The number of methoxy groups -OCH3 is 1. The van der Waals surface area contributed by atoms with Crippen molar-refractivity contribution in [3.8, 4) is 28.7 Å². The average Bonchev–Trinajstić information content (AvgIpc) is 2.76. The van der Waals surface area contributed by atoms with Gasteiger partial charge in [0.15, 0.2) is 18.1 Å². The Kier molecular flexibility index (Phi) is 6.50. The number of nitriles is 1. The summed E-state index contributed by atoms with van der Waals surface area (Å²) in [6.07, 6.45) is 0. The van der Waals surface area contributed by atoms with Crippen molar-refractivity contribution in [1.82, 2.24) is 10.3 Å². The van der Waals surface area contributed by atoms with Gasteiger partial charge in [-0.05, 0) is 36.2 Å². The van der Waals surface area contributed by atoms with Crippen molar-refractivity contribution in [2.45, 2.75) is 13.5 Å². The molecule has 2 N–H and O–H groups in total. The lowest BCUT2D eigenvalue weighted by molar-refractivity contribution is -0.123. The number of aryl methyl sites for hydroxylation is 1. The topological polar surface area (TPSA) is 104 Å². The fraction of sp³-hybridized carbons (Fsp3) is 0.174. The average molecular weight is 403 g/mol. The molecule has 0 aliphatic rings. The zero-order chi connectivity index (χ0) is 21.5. The molecular formula is C23H21N3O4. The summed E-state index contributed by atoms with van der Waals surface area (Å²) in [6, 6.07) is 18.3. The van der Waals surface area contributed by atoms with E-state index in [1.54, 1.807) is 31.2 Å². The van der Waals surface area contributed by atoms with Crippen molar-refractivity contribution in [3.63, 3.8) is 0 Å². The molecule has 0 saturated heterocycles. The van der Waals surface area contributed by atoms with Crippen molar-refractivity contribution >= 4 is 5.91 Å². The zero-order valence-electron chi connectivity index (χ0n) is 16.7. The second kappa shape index (κ2) is 9.43. The first-order valence-electron chi connectivity index (χ1n) is 9.27. The molecule has 0 bridgehead atoms. The number of rotatable bonds is 7. The highest BCUT2D eigenvalue weighted by molar-refractivity contribution is 5.78. The molecule has 2 aromatic carbocycles. The maximum absolute atomic E-state index is 12.1. The van der Waals surface area contributed by atoms with Crippen LogP contribution in [0.1, 0.15) is 16.8 Å². The zero-order valence-corrected chi connectivity index (χ0v) is 16.7. The van der Waals surface area contributed by atoms with Gasteiger partial charge in [-0.15, -0.1) is 0 Å². The summed E-state index contributed by atoms with van der Waals surface area (Å²) >= 11 is 0. The predicted molar refractivity (Wildman–Crippen MR) is 112 cm³/mol. The summed E-state index contributed by atoms with van der Waals surface area (Å²) in [5, 5.41) is 12.1. The van der Waals surface area contributed by atoms with Crippen molar-refractivity contribution in [2.75, 3.05) is 13.7 Å². The van der Waals surface area contributed by atoms with Gasteiger partial charge >= 0.3 is 0 Å². The monoisotopic (exact) mass is 403 g/mol. The number of hydrogen-bond donors (Lipinski definition) is 2. The summed E-state index contributed by atoms with van der Waals surface area (Å²) in [5.74, 6) is 0.517. The highest BCUT2D eigenvalue weighted by Gasteiger charge is 2.14. The number of benzene rings is 2. The number of ether oxygens (including phenoxy) is 2. The lowest BCUT2D eigenvalue weighted by Crippen LogP contribution is -2.28. The maximum Gasteiger partial charge on any atom is 0.266 e. The van der Waals surface area contributed by atoms with E-state index in [1.807, 2.05) is 36.4 Å². The third kappa shape index (κ3) is 4.86. The van der Waals surface area contributed by atoms with E-state index in [0.717, 1.165) is 5.56 Å². The van der Waals surface area contributed by atoms with Crippen LogP contribution < -0.4 is 20.3 Å². The fourth-order valence-corrected chi connectivity index (χ4v) is 2.97. The SMILES string of the molecule is COc1cc(-c2cc(C)[nH]c(=O)c2C#N)ccc1OCC(=O)NCc1ccccc1. The molecule has 7 nitrogen and oxygen atoms in total. The van der Waals surface area contributed by atoms with Crippen LogP contribution in [0.5, 0.6) is 11.5 Å². The van der Waals surface area contributed by atoms with E-state index in [2.05, 4.69) is 10.3 Å². The molecule has 0 saturated carbocycles. The number of nitrogens with zero attached hydrogens (tertiary/aromatic N) is 1. The van der Waals surface area contributed by atoms with Crippen LogP contribution in [0, 0.1) is 18.3 Å². The summed E-state index contributed by atoms with van der Waals surface area (Å²) in [5.41, 5.74) is 2.36. The van der Waals surface area contributed by atoms with Crippen molar-refractivity contribution in [2.24, 2.45) is 0 Å². The molecule has 0 fully saturated rings. The Morgan fingerprint density at radius 3 is 2.60 bits per heavy atom. The van der Waals surface area contributed by atoms with Gasteiger partial charge in [-0.2, -0.15) is 5.26 Å². The van der Waals surface area contributed by atoms with Crippen molar-refractivity contribution in [1.29, 1.82) is 5.26 Å². The maximum atomic E-state index is 12.1. The molecule has 0 atom stereocenters. The van der Waals surface area contributed by atoms with Gasteiger partial charge in [-0.1, -0.05) is 36.4 Å². The number of amides is 1.